The Morgan fingerprint density at radius 2 is 0.491 bits per heavy atom. The molecule has 22 aromatic rings. The van der Waals surface area contributed by atoms with Gasteiger partial charge in [0.05, 0.1) is 66.6 Å². The van der Waals surface area contributed by atoms with Gasteiger partial charge in [-0.2, -0.15) is 0 Å². The smallest absolute Gasteiger partial charge is 0.160 e. The van der Waals surface area contributed by atoms with Gasteiger partial charge in [-0.05, 0) is 131 Å². The summed E-state index contributed by atoms with van der Waals surface area (Å²) in [5.41, 5.74) is 24.3. The fraction of sp³-hybridized carbons (Fsp3) is 0. The van der Waals surface area contributed by atoms with Crippen molar-refractivity contribution in [1.29, 1.82) is 0 Å². The average Bonchev–Trinajstić information content (AvgIpc) is 1.55. The fourth-order valence-electron chi connectivity index (χ4n) is 16.5. The van der Waals surface area contributed by atoms with Crippen LogP contribution < -0.4 is 0 Å². The number of hydrogen-bond donors (Lipinski definition) is 0. The Balaban J connectivity index is 0.000000136. The summed E-state index contributed by atoms with van der Waals surface area (Å²) >= 11 is 0. The predicted octanol–water partition coefficient (Wildman–Crippen LogP) is 25.1. The van der Waals surface area contributed by atoms with Gasteiger partial charge >= 0.3 is 0 Å². The van der Waals surface area contributed by atoms with Crippen molar-refractivity contribution in [1.82, 2.24) is 38.2 Å². The third kappa shape index (κ3) is 9.84. The Morgan fingerprint density at radius 1 is 0.170 bits per heavy atom. The second-order valence-electron chi connectivity index (χ2n) is 27.2. The Morgan fingerprint density at radius 3 is 0.915 bits per heavy atom. The molecule has 0 aliphatic heterocycles. The normalized spacial score (nSPS) is 11.8. The number of benzene rings is 16. The van der Waals surface area contributed by atoms with Crippen molar-refractivity contribution in [3.8, 4) is 79.2 Å². The molecule has 0 saturated carbocycles. The van der Waals surface area contributed by atoms with Crippen molar-refractivity contribution in [3.05, 3.63) is 376 Å². The summed E-state index contributed by atoms with van der Waals surface area (Å²) in [6.07, 6.45) is 0. The van der Waals surface area contributed by atoms with Gasteiger partial charge in [-0.25, -0.2) is 19.9 Å². The van der Waals surface area contributed by atoms with Crippen LogP contribution in [0.25, 0.3) is 199 Å². The Labute approximate surface area is 609 Å². The summed E-state index contributed by atoms with van der Waals surface area (Å²) in [4.78, 5) is 20.1. The van der Waals surface area contributed by atoms with Crippen molar-refractivity contribution in [2.45, 2.75) is 0 Å². The fourth-order valence-corrected chi connectivity index (χ4v) is 16.5. The van der Waals surface area contributed by atoms with Crippen LogP contribution in [0.1, 0.15) is 0 Å². The molecule has 16 aromatic carbocycles. The van der Waals surface area contributed by atoms with E-state index in [0.717, 1.165) is 89.8 Å². The average molecular weight is 1350 g/mol. The van der Waals surface area contributed by atoms with E-state index in [0.29, 0.717) is 0 Å². The van der Waals surface area contributed by atoms with Crippen LogP contribution >= 0.6 is 0 Å². The monoisotopic (exact) mass is 1350 g/mol. The molecule has 0 bridgehead atoms. The van der Waals surface area contributed by atoms with E-state index in [4.69, 9.17) is 19.9 Å². The molecular weight excluding hydrogens is 1290 g/mol. The van der Waals surface area contributed by atoms with Crippen LogP contribution in [0.5, 0.6) is 0 Å². The lowest BCUT2D eigenvalue weighted by Crippen LogP contribution is -1.97. The summed E-state index contributed by atoms with van der Waals surface area (Å²) in [5, 5.41) is 14.6. The first-order valence-corrected chi connectivity index (χ1v) is 36.0. The van der Waals surface area contributed by atoms with Gasteiger partial charge < -0.3 is 18.3 Å². The van der Waals surface area contributed by atoms with Gasteiger partial charge in [0.1, 0.15) is 0 Å². The van der Waals surface area contributed by atoms with Gasteiger partial charge in [0.15, 0.2) is 11.6 Å². The Kier molecular flexibility index (Phi) is 14.1. The summed E-state index contributed by atoms with van der Waals surface area (Å²) in [5.74, 6) is 1.46. The molecule has 22 rings (SSSR count). The highest BCUT2D eigenvalue weighted by Crippen LogP contribution is 2.46. The lowest BCUT2D eigenvalue weighted by molar-refractivity contribution is 1.17. The zero-order valence-electron chi connectivity index (χ0n) is 57.4. The highest BCUT2D eigenvalue weighted by molar-refractivity contribution is 6.30. The summed E-state index contributed by atoms with van der Waals surface area (Å²) in [6, 6.07) is 134. The molecule has 6 heterocycles. The van der Waals surface area contributed by atoms with E-state index in [1.807, 2.05) is 48.5 Å². The molecule has 0 aliphatic carbocycles. The summed E-state index contributed by atoms with van der Waals surface area (Å²) in [6.45, 7) is 0. The van der Waals surface area contributed by atoms with Crippen LogP contribution in [0.4, 0.5) is 0 Å². The van der Waals surface area contributed by atoms with Crippen LogP contribution in [0.3, 0.4) is 0 Å². The maximum absolute atomic E-state index is 5.13. The molecule has 494 valence electrons. The summed E-state index contributed by atoms with van der Waals surface area (Å²) in [7, 11) is 0. The molecule has 0 amide bonds. The highest BCUT2D eigenvalue weighted by atomic mass is 15.0. The van der Waals surface area contributed by atoms with E-state index in [2.05, 4.69) is 346 Å². The van der Waals surface area contributed by atoms with E-state index in [9.17, 15) is 0 Å². The number of nitrogens with zero attached hydrogens (tertiary/aromatic N) is 8. The second kappa shape index (κ2) is 24.7. The molecule has 0 unspecified atom stereocenters. The second-order valence-corrected chi connectivity index (χ2v) is 27.2. The first-order chi connectivity index (χ1) is 52.6. The lowest BCUT2D eigenvalue weighted by Gasteiger charge is -2.12. The molecule has 6 aromatic heterocycles. The number of rotatable bonds is 9. The minimum absolute atomic E-state index is 0.728. The molecule has 0 N–H and O–H groups in total. The topological polar surface area (TPSA) is 71.3 Å². The third-order valence-corrected chi connectivity index (χ3v) is 21.2. The number of fused-ring (bicyclic) bond motifs is 17. The van der Waals surface area contributed by atoms with Gasteiger partial charge in [-0.3, -0.25) is 0 Å². The molecule has 0 atom stereocenters. The van der Waals surface area contributed by atoms with Gasteiger partial charge in [-0.1, -0.05) is 267 Å². The van der Waals surface area contributed by atoms with Gasteiger partial charge in [-0.15, -0.1) is 0 Å². The molecule has 0 aliphatic rings. The molecule has 0 radical (unpaired) electrons. The predicted molar refractivity (Wildman–Crippen MR) is 441 cm³/mol. The van der Waals surface area contributed by atoms with Crippen LogP contribution in [-0.4, -0.2) is 38.2 Å². The molecule has 8 nitrogen and oxygen atoms in total. The van der Waals surface area contributed by atoms with Gasteiger partial charge in [0.2, 0.25) is 0 Å². The van der Waals surface area contributed by atoms with Crippen molar-refractivity contribution >= 4 is 120 Å². The minimum atomic E-state index is 0.728. The van der Waals surface area contributed by atoms with E-state index in [1.165, 1.54) is 109 Å². The van der Waals surface area contributed by atoms with E-state index in [1.54, 1.807) is 0 Å². The quantitative estimate of drug-likeness (QED) is 0.144. The van der Waals surface area contributed by atoms with Crippen molar-refractivity contribution < 1.29 is 0 Å². The first-order valence-electron chi connectivity index (χ1n) is 36.0. The summed E-state index contributed by atoms with van der Waals surface area (Å²) < 4.78 is 9.66. The Bertz CT molecular complexity index is 7230. The number of para-hydroxylation sites is 6. The van der Waals surface area contributed by atoms with Crippen LogP contribution in [-0.2, 0) is 0 Å². The standard InChI is InChI=1S/C50H32N4.C48H30N4/c1-3-14-33(15-4-1)36-18-13-19-38(32-36)54-44-25-12-9-22-41(44)48-46(54)31-30-45-47(48)40-21-8-11-24-43(40)53(45)37-28-26-34(27-29-37)49-39-20-7-10-23-42(39)51-50(52-49)35-16-5-2-6-17-35;1-2-13-33(14-3-1)48-49-40-19-9-6-16-37(40)47(50-48)32-23-25-35(26-24-32)51-41-20-10-7-17-38(41)45-43(51)28-29-44-46(45)39-18-8-11-21-42(39)52(44)36-27-22-31-12-4-5-15-34(31)30-36/h1-32H;1-30H. The molecular formula is C98H62N8. The van der Waals surface area contributed by atoms with E-state index >= 15 is 0 Å². The number of hydrogen-bond acceptors (Lipinski definition) is 4. The highest BCUT2D eigenvalue weighted by Gasteiger charge is 2.24. The first kappa shape index (κ1) is 60.4. The van der Waals surface area contributed by atoms with Gasteiger partial charge in [0.25, 0.3) is 0 Å². The maximum Gasteiger partial charge on any atom is 0.160 e. The zero-order valence-corrected chi connectivity index (χ0v) is 57.4. The molecule has 106 heavy (non-hydrogen) atoms. The van der Waals surface area contributed by atoms with Crippen molar-refractivity contribution in [2.24, 2.45) is 0 Å². The molecule has 0 saturated heterocycles. The number of aromatic nitrogens is 8. The largest absolute Gasteiger partial charge is 0.309 e. The molecule has 0 fully saturated rings. The molecule has 8 heteroatoms. The van der Waals surface area contributed by atoms with E-state index in [-0.39, 0.29) is 0 Å². The van der Waals surface area contributed by atoms with Crippen molar-refractivity contribution in [2.75, 3.05) is 0 Å². The zero-order chi connectivity index (χ0) is 69.8. The van der Waals surface area contributed by atoms with E-state index < -0.39 is 0 Å². The molecule has 0 spiro atoms. The Hall–Kier alpha value is -14.3. The van der Waals surface area contributed by atoms with Crippen LogP contribution in [0, 0.1) is 0 Å². The van der Waals surface area contributed by atoms with Gasteiger partial charge in [0, 0.05) is 98.9 Å². The van der Waals surface area contributed by atoms with Crippen LogP contribution in [0.2, 0.25) is 0 Å². The van der Waals surface area contributed by atoms with Crippen LogP contribution in [0.15, 0.2) is 376 Å². The third-order valence-electron chi connectivity index (χ3n) is 21.2. The lowest BCUT2D eigenvalue weighted by atomic mass is 10.0. The van der Waals surface area contributed by atoms with Crippen molar-refractivity contribution in [3.63, 3.8) is 0 Å². The minimum Gasteiger partial charge on any atom is -0.309 e. The SMILES string of the molecule is c1ccc(-c2cccc(-n3c4ccccc4c4c5c6ccccc6n(-c6ccc(-c7nc(-c8ccccc8)nc8ccccc78)cc6)c5ccc43)c2)cc1.c1ccc(-c2nc(-c3ccc(-n4c5ccccc5c5c6c7ccccc7n(-c7ccc8ccccc8c7)c6ccc54)cc3)c3ccccc3n2)cc1. The maximum atomic E-state index is 5.13.